The smallest absolute Gasteiger partial charge is 0.225 e. The molecule has 0 bridgehead atoms. The fraction of sp³-hybridized carbons (Fsp3) is 0.632. The first-order valence-corrected chi connectivity index (χ1v) is 9.65. The number of aromatic nitrogens is 4. The first-order valence-electron chi connectivity index (χ1n) is 9.65. The lowest BCUT2D eigenvalue weighted by molar-refractivity contribution is 0.567. The van der Waals surface area contributed by atoms with Crippen molar-refractivity contribution in [2.45, 2.75) is 64.5 Å². The minimum absolute atomic E-state index is 0.0494. The van der Waals surface area contributed by atoms with Gasteiger partial charge in [-0.25, -0.2) is 4.98 Å². The highest BCUT2D eigenvalue weighted by molar-refractivity contribution is 5.52. The number of hydrogen-bond donors (Lipinski definition) is 4. The monoisotopic (exact) mass is 355 g/mol. The van der Waals surface area contributed by atoms with Crippen LogP contribution < -0.4 is 16.0 Å². The van der Waals surface area contributed by atoms with Crippen LogP contribution >= 0.6 is 0 Å². The molecule has 0 unspecified atom stereocenters. The maximum Gasteiger partial charge on any atom is 0.225 e. The summed E-state index contributed by atoms with van der Waals surface area (Å²) < 4.78 is 0. The molecule has 0 aromatic carbocycles. The lowest BCUT2D eigenvalue weighted by Gasteiger charge is -2.15. The van der Waals surface area contributed by atoms with Gasteiger partial charge in [-0.1, -0.05) is 20.8 Å². The zero-order valence-electron chi connectivity index (χ0n) is 15.9. The first kappa shape index (κ1) is 17.3. The highest BCUT2D eigenvalue weighted by Crippen LogP contribution is 2.27. The molecule has 1 aliphatic carbocycles. The third-order valence-electron chi connectivity index (χ3n) is 4.94. The average Bonchev–Trinajstić information content (AvgIpc) is 3.31. The third-order valence-corrected chi connectivity index (χ3v) is 4.94. The predicted octanol–water partition coefficient (Wildman–Crippen LogP) is 2.37. The quantitative estimate of drug-likeness (QED) is 0.658. The van der Waals surface area contributed by atoms with Crippen molar-refractivity contribution in [1.29, 1.82) is 0 Å². The van der Waals surface area contributed by atoms with Gasteiger partial charge in [0.2, 0.25) is 5.95 Å². The summed E-state index contributed by atoms with van der Waals surface area (Å²) in [4.78, 5) is 9.57. The lowest BCUT2D eigenvalue weighted by atomic mass is 9.92. The Morgan fingerprint density at radius 3 is 2.69 bits per heavy atom. The topological polar surface area (TPSA) is 90.5 Å². The molecule has 2 aliphatic rings. The molecule has 1 aliphatic heterocycles. The van der Waals surface area contributed by atoms with Crippen molar-refractivity contribution in [3.63, 3.8) is 0 Å². The van der Waals surface area contributed by atoms with Gasteiger partial charge in [0, 0.05) is 30.0 Å². The molecule has 4 rings (SSSR count). The number of aromatic amines is 1. The number of rotatable bonds is 5. The summed E-state index contributed by atoms with van der Waals surface area (Å²) in [5.74, 6) is 1.71. The van der Waals surface area contributed by atoms with Gasteiger partial charge in [0.05, 0.1) is 23.6 Å². The Balaban J connectivity index is 1.55. The minimum Gasteiger partial charge on any atom is -0.364 e. The molecule has 3 heterocycles. The Hall–Kier alpha value is -2.15. The van der Waals surface area contributed by atoms with Crippen molar-refractivity contribution in [3.05, 3.63) is 28.7 Å². The number of nitrogens with zero attached hydrogens (tertiary/aromatic N) is 3. The van der Waals surface area contributed by atoms with Crippen LogP contribution in [0.3, 0.4) is 0 Å². The largest absolute Gasteiger partial charge is 0.364 e. The second-order valence-electron chi connectivity index (χ2n) is 8.37. The highest BCUT2D eigenvalue weighted by atomic mass is 15.2. The van der Waals surface area contributed by atoms with Crippen LogP contribution in [0.5, 0.6) is 0 Å². The summed E-state index contributed by atoms with van der Waals surface area (Å²) in [5, 5.41) is 18.0. The van der Waals surface area contributed by atoms with Gasteiger partial charge in [-0.15, -0.1) is 0 Å². The predicted molar refractivity (Wildman–Crippen MR) is 104 cm³/mol. The zero-order valence-corrected chi connectivity index (χ0v) is 15.9. The molecule has 2 aromatic rings. The molecule has 0 radical (unpaired) electrons. The van der Waals surface area contributed by atoms with Crippen molar-refractivity contribution in [2.75, 3.05) is 23.7 Å². The van der Waals surface area contributed by atoms with E-state index in [2.05, 4.69) is 53.0 Å². The SMILES string of the molecule is CC(C)(C)c1cc(CNc2nc(NC3CC3)nc3c2CCNCC3)[nH]n1. The first-order chi connectivity index (χ1) is 12.5. The summed E-state index contributed by atoms with van der Waals surface area (Å²) in [6, 6.07) is 2.68. The van der Waals surface area contributed by atoms with E-state index in [1.807, 2.05) is 0 Å². The number of hydrogen-bond acceptors (Lipinski definition) is 6. The molecule has 0 atom stereocenters. The van der Waals surface area contributed by atoms with Crippen LogP contribution in [0.4, 0.5) is 11.8 Å². The fourth-order valence-corrected chi connectivity index (χ4v) is 3.18. The van der Waals surface area contributed by atoms with Gasteiger partial charge in [0.1, 0.15) is 5.82 Å². The van der Waals surface area contributed by atoms with E-state index in [0.29, 0.717) is 12.6 Å². The van der Waals surface area contributed by atoms with Gasteiger partial charge < -0.3 is 16.0 Å². The van der Waals surface area contributed by atoms with Crippen LogP contribution in [0.15, 0.2) is 6.07 Å². The van der Waals surface area contributed by atoms with E-state index in [-0.39, 0.29) is 5.41 Å². The molecule has 7 nitrogen and oxygen atoms in total. The molecule has 7 heteroatoms. The average molecular weight is 355 g/mol. The summed E-state index contributed by atoms with van der Waals surface area (Å²) in [6.45, 7) is 9.15. The maximum atomic E-state index is 4.78. The molecule has 4 N–H and O–H groups in total. The van der Waals surface area contributed by atoms with Gasteiger partial charge in [0.25, 0.3) is 0 Å². The van der Waals surface area contributed by atoms with Crippen molar-refractivity contribution in [1.82, 2.24) is 25.5 Å². The van der Waals surface area contributed by atoms with Crippen molar-refractivity contribution in [3.8, 4) is 0 Å². The van der Waals surface area contributed by atoms with E-state index < -0.39 is 0 Å². The number of anilines is 2. The lowest BCUT2D eigenvalue weighted by Crippen LogP contribution is -2.16. The Kier molecular flexibility index (Phi) is 4.56. The molecular formula is C19H29N7. The van der Waals surface area contributed by atoms with Crippen molar-refractivity contribution in [2.24, 2.45) is 0 Å². The summed E-state index contributed by atoms with van der Waals surface area (Å²) in [6.07, 6.45) is 4.34. The van der Waals surface area contributed by atoms with E-state index in [4.69, 9.17) is 9.97 Å². The van der Waals surface area contributed by atoms with Crippen LogP contribution in [0.25, 0.3) is 0 Å². The Morgan fingerprint density at radius 2 is 1.96 bits per heavy atom. The van der Waals surface area contributed by atoms with E-state index >= 15 is 0 Å². The van der Waals surface area contributed by atoms with E-state index in [9.17, 15) is 0 Å². The number of fused-ring (bicyclic) bond motifs is 1. The standard InChI is InChI=1S/C19H29N7/c1-19(2,3)16-10-13(25-26-16)11-21-17-14-6-8-20-9-7-15(14)23-18(24-17)22-12-4-5-12/h10,12,20H,4-9,11H2,1-3H3,(H,25,26)(H2,21,22,23,24). The van der Waals surface area contributed by atoms with Crippen LogP contribution in [0.1, 0.15) is 56.3 Å². The van der Waals surface area contributed by atoms with Crippen molar-refractivity contribution >= 4 is 11.8 Å². The van der Waals surface area contributed by atoms with E-state index in [1.165, 1.54) is 18.4 Å². The van der Waals surface area contributed by atoms with Gasteiger partial charge in [-0.05, 0) is 31.9 Å². The normalized spacial score (nSPS) is 17.5. The van der Waals surface area contributed by atoms with Gasteiger partial charge in [-0.2, -0.15) is 10.1 Å². The van der Waals surface area contributed by atoms with Crippen LogP contribution in [0, 0.1) is 0 Å². The second kappa shape index (κ2) is 6.87. The zero-order chi connectivity index (χ0) is 18.1. The van der Waals surface area contributed by atoms with Gasteiger partial charge >= 0.3 is 0 Å². The summed E-state index contributed by atoms with van der Waals surface area (Å²) in [7, 11) is 0. The fourth-order valence-electron chi connectivity index (χ4n) is 3.18. The molecule has 1 fully saturated rings. The highest BCUT2D eigenvalue weighted by Gasteiger charge is 2.24. The molecule has 26 heavy (non-hydrogen) atoms. The Bertz CT molecular complexity index is 771. The molecule has 2 aromatic heterocycles. The summed E-state index contributed by atoms with van der Waals surface area (Å²) >= 11 is 0. The molecule has 140 valence electrons. The molecule has 0 spiro atoms. The van der Waals surface area contributed by atoms with Crippen molar-refractivity contribution < 1.29 is 0 Å². The Labute approximate surface area is 154 Å². The summed E-state index contributed by atoms with van der Waals surface area (Å²) in [5.41, 5.74) is 4.61. The number of H-pyrrole nitrogens is 1. The molecular weight excluding hydrogens is 326 g/mol. The second-order valence-corrected chi connectivity index (χ2v) is 8.37. The van der Waals surface area contributed by atoms with Crippen LogP contribution in [-0.4, -0.2) is 39.3 Å². The maximum absolute atomic E-state index is 4.78. The van der Waals surface area contributed by atoms with Crippen LogP contribution in [0.2, 0.25) is 0 Å². The third kappa shape index (κ3) is 3.98. The van der Waals surface area contributed by atoms with Gasteiger partial charge in [-0.3, -0.25) is 5.10 Å². The van der Waals surface area contributed by atoms with E-state index in [1.54, 1.807) is 0 Å². The molecule has 0 saturated heterocycles. The van der Waals surface area contributed by atoms with E-state index in [0.717, 1.165) is 54.8 Å². The molecule has 1 saturated carbocycles. The minimum atomic E-state index is 0.0494. The Morgan fingerprint density at radius 1 is 1.15 bits per heavy atom. The molecule has 0 amide bonds. The van der Waals surface area contributed by atoms with Gasteiger partial charge in [0.15, 0.2) is 0 Å². The van der Waals surface area contributed by atoms with Crippen LogP contribution in [-0.2, 0) is 24.8 Å². The number of nitrogens with one attached hydrogen (secondary N) is 4.